The average molecular weight is 442 g/mol. The van der Waals surface area contributed by atoms with Gasteiger partial charge in [0.2, 0.25) is 0 Å². The van der Waals surface area contributed by atoms with Gasteiger partial charge in [0.05, 0.1) is 11.5 Å². The Bertz CT molecular complexity index is 687. The maximum Gasteiger partial charge on any atom is 0.331 e. The van der Waals surface area contributed by atoms with Gasteiger partial charge in [-0.3, -0.25) is 4.79 Å². The van der Waals surface area contributed by atoms with E-state index in [9.17, 15) is 9.59 Å². The molecule has 0 radical (unpaired) electrons. The predicted octanol–water partition coefficient (Wildman–Crippen LogP) is 3.22. The van der Waals surface area contributed by atoms with Gasteiger partial charge < -0.3 is 9.47 Å². The molecule has 7 atom stereocenters. The Hall–Kier alpha value is -0.430. The SMILES string of the molecule is C[C@]12C[C@H]3O[C@@]34[C@@H](CCC3=CC(=O)O[C@@H](CI)[C@@]34C)[C@@H]1CCC2=O. The van der Waals surface area contributed by atoms with Crippen molar-refractivity contribution >= 4 is 34.3 Å². The molecule has 0 bridgehead atoms. The fraction of sp³-hybridized carbons (Fsp3) is 0.789. The number of carbonyl (C=O) groups is 2. The molecule has 2 heterocycles. The van der Waals surface area contributed by atoms with Crippen LogP contribution in [-0.2, 0) is 19.1 Å². The van der Waals surface area contributed by atoms with E-state index in [1.165, 1.54) is 5.57 Å². The molecule has 4 fully saturated rings. The number of fused-ring (bicyclic) bond motifs is 3. The number of hydrogen-bond donors (Lipinski definition) is 0. The zero-order valence-corrected chi connectivity index (χ0v) is 16.3. The molecule has 1 spiro atoms. The Kier molecular flexibility index (Phi) is 3.05. The number of ketones is 1. The van der Waals surface area contributed by atoms with Crippen molar-refractivity contribution in [1.29, 1.82) is 0 Å². The van der Waals surface area contributed by atoms with Crippen molar-refractivity contribution in [1.82, 2.24) is 0 Å². The molecule has 0 aromatic heterocycles. The number of esters is 1. The lowest BCUT2D eigenvalue weighted by Gasteiger charge is -2.56. The maximum absolute atomic E-state index is 12.6. The Morgan fingerprint density at radius 2 is 1.96 bits per heavy atom. The van der Waals surface area contributed by atoms with Crippen LogP contribution in [0.15, 0.2) is 11.6 Å². The monoisotopic (exact) mass is 442 g/mol. The second-order valence-corrected chi connectivity index (χ2v) is 9.57. The molecule has 0 aromatic carbocycles. The summed E-state index contributed by atoms with van der Waals surface area (Å²) in [5, 5.41) is 0. The van der Waals surface area contributed by atoms with E-state index in [-0.39, 0.29) is 34.6 Å². The molecule has 0 unspecified atom stereocenters. The maximum atomic E-state index is 12.6. The molecule has 5 heteroatoms. The van der Waals surface area contributed by atoms with Crippen molar-refractivity contribution in [3.8, 4) is 0 Å². The topological polar surface area (TPSA) is 55.9 Å². The molecule has 3 saturated carbocycles. The third-order valence-corrected chi connectivity index (χ3v) is 8.88. The first kappa shape index (κ1) is 15.8. The highest BCUT2D eigenvalue weighted by Crippen LogP contribution is 2.74. The Morgan fingerprint density at radius 1 is 1.21 bits per heavy atom. The fourth-order valence-corrected chi connectivity index (χ4v) is 7.85. The summed E-state index contributed by atoms with van der Waals surface area (Å²) in [5.74, 6) is 1.07. The van der Waals surface area contributed by atoms with Crippen molar-refractivity contribution in [3.63, 3.8) is 0 Å². The quantitative estimate of drug-likeness (QED) is 0.271. The van der Waals surface area contributed by atoms with E-state index >= 15 is 0 Å². The van der Waals surface area contributed by atoms with E-state index in [2.05, 4.69) is 36.4 Å². The number of halogens is 1. The van der Waals surface area contributed by atoms with Crippen LogP contribution in [0.5, 0.6) is 0 Å². The van der Waals surface area contributed by atoms with Crippen LogP contribution in [0.25, 0.3) is 0 Å². The molecule has 0 aromatic rings. The smallest absolute Gasteiger partial charge is 0.331 e. The van der Waals surface area contributed by atoms with Gasteiger partial charge in [-0.05, 0) is 44.4 Å². The number of cyclic esters (lactones) is 1. The number of ether oxygens (including phenoxy) is 2. The minimum Gasteiger partial charge on any atom is -0.457 e. The fourth-order valence-electron chi connectivity index (χ4n) is 6.79. The van der Waals surface area contributed by atoms with Gasteiger partial charge in [-0.2, -0.15) is 0 Å². The van der Waals surface area contributed by atoms with E-state index < -0.39 is 0 Å². The van der Waals surface area contributed by atoms with Gasteiger partial charge in [0.15, 0.2) is 0 Å². The Balaban J connectivity index is 1.63. The lowest BCUT2D eigenvalue weighted by atomic mass is 9.47. The lowest BCUT2D eigenvalue weighted by molar-refractivity contribution is -0.158. The molecule has 0 amide bonds. The molecule has 3 aliphatic carbocycles. The van der Waals surface area contributed by atoms with Crippen LogP contribution in [0, 0.1) is 22.7 Å². The highest BCUT2D eigenvalue weighted by atomic mass is 127. The van der Waals surface area contributed by atoms with Crippen LogP contribution in [-0.4, -0.2) is 34.0 Å². The summed E-state index contributed by atoms with van der Waals surface area (Å²) < 4.78 is 13.0. The van der Waals surface area contributed by atoms with Crippen molar-refractivity contribution in [2.45, 2.75) is 63.8 Å². The average Bonchev–Trinajstić information content (AvgIpc) is 3.19. The summed E-state index contributed by atoms with van der Waals surface area (Å²) in [6.45, 7) is 4.42. The number of carbonyl (C=O) groups excluding carboxylic acids is 2. The minimum absolute atomic E-state index is 0.125. The van der Waals surface area contributed by atoms with Crippen molar-refractivity contribution in [2.75, 3.05) is 4.43 Å². The Morgan fingerprint density at radius 3 is 2.71 bits per heavy atom. The second kappa shape index (κ2) is 4.64. The highest BCUT2D eigenvalue weighted by molar-refractivity contribution is 14.1. The van der Waals surface area contributed by atoms with Crippen LogP contribution in [0.2, 0.25) is 0 Å². The molecular weight excluding hydrogens is 419 g/mol. The van der Waals surface area contributed by atoms with Crippen LogP contribution < -0.4 is 0 Å². The Labute approximate surface area is 155 Å². The number of hydrogen-bond acceptors (Lipinski definition) is 4. The lowest BCUT2D eigenvalue weighted by Crippen LogP contribution is -2.62. The van der Waals surface area contributed by atoms with Crippen LogP contribution in [0.3, 0.4) is 0 Å². The molecule has 4 nitrogen and oxygen atoms in total. The first-order valence-corrected chi connectivity index (χ1v) is 10.6. The number of rotatable bonds is 1. The zero-order valence-electron chi connectivity index (χ0n) is 14.1. The highest BCUT2D eigenvalue weighted by Gasteiger charge is 2.81. The van der Waals surface area contributed by atoms with Gasteiger partial charge >= 0.3 is 5.97 Å². The number of alkyl halides is 1. The van der Waals surface area contributed by atoms with Crippen LogP contribution in [0.1, 0.15) is 46.0 Å². The molecule has 5 aliphatic rings. The first-order valence-electron chi connectivity index (χ1n) is 9.06. The molecule has 2 aliphatic heterocycles. The molecule has 130 valence electrons. The van der Waals surface area contributed by atoms with Gasteiger partial charge in [-0.25, -0.2) is 4.79 Å². The molecule has 24 heavy (non-hydrogen) atoms. The van der Waals surface area contributed by atoms with Crippen LogP contribution >= 0.6 is 22.6 Å². The molecule has 1 saturated heterocycles. The van der Waals surface area contributed by atoms with Gasteiger partial charge in [0.25, 0.3) is 0 Å². The van der Waals surface area contributed by atoms with Crippen molar-refractivity contribution in [3.05, 3.63) is 11.6 Å². The third kappa shape index (κ3) is 1.56. The first-order chi connectivity index (χ1) is 11.4. The van der Waals surface area contributed by atoms with Crippen LogP contribution in [0.4, 0.5) is 0 Å². The predicted molar refractivity (Wildman–Crippen MR) is 95.7 cm³/mol. The van der Waals surface area contributed by atoms with Gasteiger partial charge in [-0.15, -0.1) is 0 Å². The summed E-state index contributed by atoms with van der Waals surface area (Å²) in [7, 11) is 0. The summed E-state index contributed by atoms with van der Waals surface area (Å²) >= 11 is 2.33. The van der Waals surface area contributed by atoms with Gasteiger partial charge in [-0.1, -0.05) is 35.1 Å². The zero-order chi connectivity index (χ0) is 16.9. The van der Waals surface area contributed by atoms with Gasteiger partial charge in [0.1, 0.15) is 17.5 Å². The van der Waals surface area contributed by atoms with E-state index in [1.54, 1.807) is 6.08 Å². The second-order valence-electron chi connectivity index (χ2n) is 8.69. The standard InChI is InChI=1S/C19H23IO4/c1-17-8-14-19(24-14)12(11(17)5-6-13(17)21)4-3-10-7-16(22)23-15(9-20)18(10,19)2/h7,11-12,14-15H,3-6,8-9H2,1-2H3/t11-,12-,14+,15-,17-,18+,19-/m0/s1. The van der Waals surface area contributed by atoms with E-state index in [0.717, 1.165) is 36.5 Å². The summed E-state index contributed by atoms with van der Waals surface area (Å²) in [5.41, 5.74) is 0.565. The minimum atomic E-state index is -0.233. The summed E-state index contributed by atoms with van der Waals surface area (Å²) in [6, 6.07) is 0. The van der Waals surface area contributed by atoms with E-state index in [0.29, 0.717) is 17.6 Å². The van der Waals surface area contributed by atoms with Gasteiger partial charge in [0, 0.05) is 22.3 Å². The largest absolute Gasteiger partial charge is 0.457 e. The van der Waals surface area contributed by atoms with Crippen molar-refractivity contribution in [2.24, 2.45) is 22.7 Å². The van der Waals surface area contributed by atoms with E-state index in [1.807, 2.05) is 0 Å². The number of epoxide rings is 1. The molecular formula is C19H23IO4. The summed E-state index contributed by atoms with van der Waals surface area (Å²) in [6.07, 6.45) is 6.28. The molecule has 5 rings (SSSR count). The summed E-state index contributed by atoms with van der Waals surface area (Å²) in [4.78, 5) is 24.6. The van der Waals surface area contributed by atoms with E-state index in [4.69, 9.17) is 9.47 Å². The van der Waals surface area contributed by atoms with Crippen molar-refractivity contribution < 1.29 is 19.1 Å². The normalized spacial score (nSPS) is 54.9. The number of Topliss-reactive ketones (excluding diaryl/α,β-unsaturated/α-hetero) is 1. The molecule has 0 N–H and O–H groups in total. The third-order valence-electron chi connectivity index (χ3n) is 8.08.